The number of hydrogen-bond acceptors (Lipinski definition) is 4. The van der Waals surface area contributed by atoms with E-state index in [1.807, 2.05) is 13.8 Å². The van der Waals surface area contributed by atoms with Crippen molar-refractivity contribution in [1.82, 2.24) is 10.3 Å². The largest absolute Gasteiger partial charge is 0.417 e. The minimum atomic E-state index is -4.37. The monoisotopic (exact) mass is 286 g/mol. The number of piperazine rings is 1. The molecule has 0 unspecified atom stereocenters. The van der Waals surface area contributed by atoms with Crippen molar-refractivity contribution in [2.45, 2.75) is 31.6 Å². The molecule has 1 saturated heterocycles. The first kappa shape index (κ1) is 13.5. The van der Waals surface area contributed by atoms with Crippen molar-refractivity contribution >= 4 is 11.5 Å². The van der Waals surface area contributed by atoms with E-state index in [-0.39, 0.29) is 11.6 Å². The summed E-state index contributed by atoms with van der Waals surface area (Å²) in [7, 11) is 0. The summed E-state index contributed by atoms with van der Waals surface area (Å²) >= 11 is 0. The molecule has 0 aromatic carbocycles. The molecule has 1 fully saturated rings. The molecule has 0 radical (unpaired) electrons. The molecule has 2 N–H and O–H groups in total. The number of hydrogen-bond donors (Lipinski definition) is 2. The molecule has 0 spiro atoms. The number of halogens is 3. The molecule has 1 aromatic rings. The second-order valence-corrected chi connectivity index (χ2v) is 5.85. The van der Waals surface area contributed by atoms with Crippen LogP contribution in [0.15, 0.2) is 12.3 Å². The number of rotatable bonds is 0. The first-order valence-electron chi connectivity index (χ1n) is 6.62. The molecule has 0 bridgehead atoms. The number of alkyl halides is 3. The fourth-order valence-corrected chi connectivity index (χ4v) is 2.97. The molecule has 7 heteroatoms. The van der Waals surface area contributed by atoms with Crippen LogP contribution in [0.4, 0.5) is 24.7 Å². The van der Waals surface area contributed by atoms with Crippen LogP contribution in [0.1, 0.15) is 19.4 Å². The summed E-state index contributed by atoms with van der Waals surface area (Å²) in [5.74, 6) is 0.615. The van der Waals surface area contributed by atoms with Crippen molar-refractivity contribution in [1.29, 1.82) is 0 Å². The van der Waals surface area contributed by atoms with Gasteiger partial charge in [0.1, 0.15) is 0 Å². The standard InChI is InChI=1S/C13H17F3N4/c1-12(2)10-7-17-3-4-20(10)11-9(19-12)5-8(6-18-11)13(14,15)16/h5-6,10,17,19H,3-4,7H2,1-2H3/t10-/m1/s1. The molecule has 0 saturated carbocycles. The number of nitrogens with zero attached hydrogens (tertiary/aromatic N) is 2. The zero-order valence-electron chi connectivity index (χ0n) is 11.4. The summed E-state index contributed by atoms with van der Waals surface area (Å²) in [5, 5.41) is 6.52. The number of pyridine rings is 1. The topological polar surface area (TPSA) is 40.2 Å². The van der Waals surface area contributed by atoms with Gasteiger partial charge < -0.3 is 15.5 Å². The van der Waals surface area contributed by atoms with E-state index in [2.05, 4.69) is 20.5 Å². The lowest BCUT2D eigenvalue weighted by molar-refractivity contribution is -0.137. The Hall–Kier alpha value is -1.50. The van der Waals surface area contributed by atoms with Crippen LogP contribution in [0.2, 0.25) is 0 Å². The van der Waals surface area contributed by atoms with Gasteiger partial charge in [-0.2, -0.15) is 13.2 Å². The van der Waals surface area contributed by atoms with Crippen molar-refractivity contribution in [2.24, 2.45) is 0 Å². The fraction of sp³-hybridized carbons (Fsp3) is 0.615. The highest BCUT2D eigenvalue weighted by Crippen LogP contribution is 2.40. The molecule has 3 heterocycles. The van der Waals surface area contributed by atoms with Crippen LogP contribution in [0.25, 0.3) is 0 Å². The lowest BCUT2D eigenvalue weighted by Gasteiger charge is -2.50. The average Bonchev–Trinajstić information content (AvgIpc) is 2.37. The average molecular weight is 286 g/mol. The smallest absolute Gasteiger partial charge is 0.375 e. The van der Waals surface area contributed by atoms with E-state index in [0.717, 1.165) is 31.9 Å². The van der Waals surface area contributed by atoms with E-state index < -0.39 is 11.7 Å². The molecular weight excluding hydrogens is 269 g/mol. The van der Waals surface area contributed by atoms with E-state index in [0.29, 0.717) is 11.5 Å². The summed E-state index contributed by atoms with van der Waals surface area (Å²) < 4.78 is 38.4. The van der Waals surface area contributed by atoms with Crippen LogP contribution in [0.3, 0.4) is 0 Å². The van der Waals surface area contributed by atoms with Crippen molar-refractivity contribution in [2.75, 3.05) is 29.9 Å². The lowest BCUT2D eigenvalue weighted by atomic mass is 9.88. The van der Waals surface area contributed by atoms with Crippen LogP contribution >= 0.6 is 0 Å². The third-order valence-corrected chi connectivity index (χ3v) is 4.00. The van der Waals surface area contributed by atoms with Crippen molar-refractivity contribution in [3.8, 4) is 0 Å². The van der Waals surface area contributed by atoms with Crippen LogP contribution in [-0.2, 0) is 6.18 Å². The van der Waals surface area contributed by atoms with Gasteiger partial charge in [0, 0.05) is 25.8 Å². The minimum absolute atomic E-state index is 0.174. The van der Waals surface area contributed by atoms with Gasteiger partial charge in [0.2, 0.25) is 0 Å². The Balaban J connectivity index is 2.05. The van der Waals surface area contributed by atoms with Gasteiger partial charge >= 0.3 is 6.18 Å². The highest BCUT2D eigenvalue weighted by molar-refractivity contribution is 5.71. The van der Waals surface area contributed by atoms with Crippen LogP contribution < -0.4 is 15.5 Å². The predicted molar refractivity (Wildman–Crippen MR) is 70.9 cm³/mol. The molecule has 4 nitrogen and oxygen atoms in total. The molecule has 1 aromatic heterocycles. The second kappa shape index (κ2) is 4.25. The Morgan fingerprint density at radius 1 is 1.40 bits per heavy atom. The first-order chi connectivity index (χ1) is 9.29. The fourth-order valence-electron chi connectivity index (χ4n) is 2.97. The third kappa shape index (κ3) is 2.09. The molecule has 3 rings (SSSR count). The van der Waals surface area contributed by atoms with Crippen molar-refractivity contribution in [3.05, 3.63) is 17.8 Å². The predicted octanol–water partition coefficient (Wildman–Crippen LogP) is 2.08. The normalized spacial score (nSPS) is 24.6. The number of nitrogens with one attached hydrogen (secondary N) is 2. The van der Waals surface area contributed by atoms with Crippen LogP contribution in [0.5, 0.6) is 0 Å². The Morgan fingerprint density at radius 3 is 2.85 bits per heavy atom. The molecule has 110 valence electrons. The summed E-state index contributed by atoms with van der Waals surface area (Å²) in [4.78, 5) is 6.15. The Kier molecular flexibility index (Phi) is 2.86. The SMILES string of the molecule is CC1(C)Nc2cc(C(F)(F)F)cnc2N2CCNC[C@@H]21. The summed E-state index contributed by atoms with van der Waals surface area (Å²) in [6.07, 6.45) is -3.45. The van der Waals surface area contributed by atoms with E-state index >= 15 is 0 Å². The van der Waals surface area contributed by atoms with Crippen molar-refractivity contribution < 1.29 is 13.2 Å². The van der Waals surface area contributed by atoms with Gasteiger partial charge in [0.15, 0.2) is 5.82 Å². The van der Waals surface area contributed by atoms with Gasteiger partial charge in [-0.25, -0.2) is 4.98 Å². The molecule has 2 aliphatic rings. The summed E-state index contributed by atoms with van der Waals surface area (Å²) in [6, 6.07) is 1.33. The Morgan fingerprint density at radius 2 is 2.15 bits per heavy atom. The minimum Gasteiger partial charge on any atom is -0.375 e. The maximum atomic E-state index is 12.8. The Labute approximate surface area is 115 Å². The lowest BCUT2D eigenvalue weighted by Crippen LogP contribution is -2.65. The van der Waals surface area contributed by atoms with Crippen molar-refractivity contribution in [3.63, 3.8) is 0 Å². The maximum absolute atomic E-state index is 12.8. The molecule has 2 aliphatic heterocycles. The van der Waals surface area contributed by atoms with E-state index in [4.69, 9.17) is 0 Å². The summed E-state index contributed by atoms with van der Waals surface area (Å²) in [5.41, 5.74) is -0.567. The van der Waals surface area contributed by atoms with E-state index in [9.17, 15) is 13.2 Å². The number of aromatic nitrogens is 1. The molecule has 0 aliphatic carbocycles. The summed E-state index contributed by atoms with van der Waals surface area (Å²) in [6.45, 7) is 6.36. The van der Waals surface area contributed by atoms with Gasteiger partial charge in [-0.05, 0) is 19.9 Å². The molecular formula is C13H17F3N4. The van der Waals surface area contributed by atoms with Crippen LogP contribution in [0, 0.1) is 0 Å². The number of fused-ring (bicyclic) bond motifs is 3. The van der Waals surface area contributed by atoms with Gasteiger partial charge in [-0.15, -0.1) is 0 Å². The highest BCUT2D eigenvalue weighted by Gasteiger charge is 2.42. The van der Waals surface area contributed by atoms with Gasteiger partial charge in [0.05, 0.1) is 22.8 Å². The zero-order valence-corrected chi connectivity index (χ0v) is 11.4. The van der Waals surface area contributed by atoms with E-state index in [1.165, 1.54) is 0 Å². The van der Waals surface area contributed by atoms with Gasteiger partial charge in [0.25, 0.3) is 0 Å². The zero-order chi connectivity index (χ0) is 14.5. The Bertz CT molecular complexity index is 527. The van der Waals surface area contributed by atoms with E-state index in [1.54, 1.807) is 0 Å². The van der Waals surface area contributed by atoms with Gasteiger partial charge in [-0.3, -0.25) is 0 Å². The quantitative estimate of drug-likeness (QED) is 0.766. The molecule has 20 heavy (non-hydrogen) atoms. The van der Waals surface area contributed by atoms with Crippen LogP contribution in [-0.4, -0.2) is 36.2 Å². The van der Waals surface area contributed by atoms with Gasteiger partial charge in [-0.1, -0.05) is 0 Å². The second-order valence-electron chi connectivity index (χ2n) is 5.85. The number of anilines is 2. The molecule has 1 atom stereocenters. The first-order valence-corrected chi connectivity index (χ1v) is 6.62. The molecule has 0 amide bonds. The third-order valence-electron chi connectivity index (χ3n) is 4.00. The highest BCUT2D eigenvalue weighted by atomic mass is 19.4. The maximum Gasteiger partial charge on any atom is 0.417 e.